The minimum absolute atomic E-state index is 0.0683. The third kappa shape index (κ3) is 7.68. The van der Waals surface area contributed by atoms with Gasteiger partial charge in [0.25, 0.3) is 30.4 Å². The third-order valence-electron chi connectivity index (χ3n) is 5.09. The van der Waals surface area contributed by atoms with E-state index in [9.17, 15) is 25.3 Å². The summed E-state index contributed by atoms with van der Waals surface area (Å²) in [6.45, 7) is 0. The van der Waals surface area contributed by atoms with Crippen LogP contribution in [0.4, 0.5) is 0 Å². The molecule has 3 N–H and O–H groups in total. The molecule has 38 heavy (non-hydrogen) atoms. The molecule has 0 aromatic heterocycles. The van der Waals surface area contributed by atoms with Gasteiger partial charge in [0.2, 0.25) is 0 Å². The summed E-state index contributed by atoms with van der Waals surface area (Å²) in [5.74, 6) is 0. The summed E-state index contributed by atoms with van der Waals surface area (Å²) in [6, 6.07) is 26.8. The molecule has 0 saturated heterocycles. The summed E-state index contributed by atoms with van der Waals surface area (Å²) in [6.07, 6.45) is 2.68. The predicted octanol–water partition coefficient (Wildman–Crippen LogP) is 4.95. The van der Waals surface area contributed by atoms with Gasteiger partial charge in [-0.25, -0.2) is 0 Å². The fourth-order valence-electron chi connectivity index (χ4n) is 3.43. The average molecular weight is 575 g/mol. The average Bonchev–Trinajstić information content (AvgIpc) is 2.87. The van der Waals surface area contributed by atoms with Crippen LogP contribution in [0.2, 0.25) is 0 Å². The summed E-state index contributed by atoms with van der Waals surface area (Å²) < 4.78 is 94.9. The smallest absolute Gasteiger partial charge is 0.282 e. The van der Waals surface area contributed by atoms with Crippen LogP contribution in [0.1, 0.15) is 11.1 Å². The second-order valence-electron chi connectivity index (χ2n) is 7.70. The first-order chi connectivity index (χ1) is 17.8. The highest BCUT2D eigenvalue weighted by Crippen LogP contribution is 2.26. The molecule has 9 nitrogen and oxygen atoms in total. The Morgan fingerprint density at radius 2 is 0.763 bits per heavy atom. The second-order valence-corrected chi connectivity index (χ2v) is 11.9. The molecule has 0 aliphatic rings. The topological polar surface area (TPSA) is 163 Å². The van der Waals surface area contributed by atoms with Crippen LogP contribution in [0.5, 0.6) is 0 Å². The molecular weight excluding hydrogens is 552 g/mol. The van der Waals surface area contributed by atoms with Crippen LogP contribution in [-0.2, 0) is 30.4 Å². The first-order valence-electron chi connectivity index (χ1n) is 10.7. The zero-order valence-corrected chi connectivity index (χ0v) is 21.9. The van der Waals surface area contributed by atoms with Crippen molar-refractivity contribution in [1.29, 1.82) is 0 Å². The summed E-state index contributed by atoms with van der Waals surface area (Å²) in [5, 5.41) is 0. The Hall–Kier alpha value is -3.65. The molecule has 0 atom stereocenters. The molecule has 0 aliphatic carbocycles. The Morgan fingerprint density at radius 1 is 0.421 bits per heavy atom. The molecule has 0 saturated carbocycles. The summed E-state index contributed by atoms with van der Waals surface area (Å²) >= 11 is 0. The Morgan fingerprint density at radius 3 is 1.18 bits per heavy atom. The van der Waals surface area contributed by atoms with Gasteiger partial charge in [-0.05, 0) is 34.9 Å². The minimum Gasteiger partial charge on any atom is -0.282 e. The highest BCUT2D eigenvalue weighted by Gasteiger charge is 2.16. The van der Waals surface area contributed by atoms with Gasteiger partial charge in [0.15, 0.2) is 0 Å². The van der Waals surface area contributed by atoms with Gasteiger partial charge in [-0.2, -0.15) is 25.3 Å². The van der Waals surface area contributed by atoms with Crippen LogP contribution in [0, 0.1) is 0 Å². The molecule has 0 spiro atoms. The maximum atomic E-state index is 11.3. The van der Waals surface area contributed by atoms with Gasteiger partial charge in [0.1, 0.15) is 14.7 Å². The number of benzene rings is 4. The van der Waals surface area contributed by atoms with E-state index in [4.69, 9.17) is 13.7 Å². The van der Waals surface area contributed by atoms with Gasteiger partial charge in [-0.15, -0.1) is 0 Å². The molecule has 0 amide bonds. The highest BCUT2D eigenvalue weighted by molar-refractivity contribution is 7.86. The molecule has 0 radical (unpaired) electrons. The Kier molecular flexibility index (Phi) is 8.99. The molecule has 4 aromatic carbocycles. The largest absolute Gasteiger partial charge is 0.295 e. The molecule has 0 unspecified atom stereocenters. The normalized spacial score (nSPS) is 12.1. The second kappa shape index (κ2) is 11.8. The van der Waals surface area contributed by atoms with E-state index in [-0.39, 0.29) is 25.8 Å². The van der Waals surface area contributed by atoms with Gasteiger partial charge in [0.05, 0.1) is 0 Å². The van der Waals surface area contributed by atoms with E-state index < -0.39 is 30.4 Å². The van der Waals surface area contributed by atoms with Crippen molar-refractivity contribution in [3.63, 3.8) is 0 Å². The van der Waals surface area contributed by atoms with Crippen LogP contribution < -0.4 is 0 Å². The first kappa shape index (κ1) is 28.9. The molecule has 4 rings (SSSR count). The minimum atomic E-state index is -4.40. The molecule has 198 valence electrons. The van der Waals surface area contributed by atoms with Gasteiger partial charge in [-0.3, -0.25) is 13.7 Å². The first-order valence-corrected chi connectivity index (χ1v) is 15.0. The quantitative estimate of drug-likeness (QED) is 0.213. The fraction of sp³-hybridized carbons (Fsp3) is 0. The molecule has 12 heteroatoms. The number of hydrogen-bond acceptors (Lipinski definition) is 6. The maximum absolute atomic E-state index is 11.3. The van der Waals surface area contributed by atoms with Gasteiger partial charge >= 0.3 is 0 Å². The molecule has 0 bridgehead atoms. The van der Waals surface area contributed by atoms with Crippen LogP contribution in [0.15, 0.2) is 118 Å². The lowest BCUT2D eigenvalue weighted by atomic mass is 10.1. The van der Waals surface area contributed by atoms with E-state index in [1.807, 2.05) is 18.2 Å². The molecule has 0 heterocycles. The van der Waals surface area contributed by atoms with Crippen molar-refractivity contribution in [2.75, 3.05) is 0 Å². The van der Waals surface area contributed by atoms with Gasteiger partial charge < -0.3 is 0 Å². The van der Waals surface area contributed by atoms with Crippen molar-refractivity contribution in [1.82, 2.24) is 0 Å². The van der Waals surface area contributed by atoms with Crippen molar-refractivity contribution in [3.05, 3.63) is 114 Å². The van der Waals surface area contributed by atoms with Crippen LogP contribution in [0.3, 0.4) is 0 Å². The fourth-order valence-corrected chi connectivity index (χ4v) is 5.52. The van der Waals surface area contributed by atoms with E-state index in [0.717, 1.165) is 5.56 Å². The molecule has 0 fully saturated rings. The highest BCUT2D eigenvalue weighted by atomic mass is 32.2. The van der Waals surface area contributed by atoms with Crippen molar-refractivity contribution in [2.24, 2.45) is 0 Å². The SMILES string of the molecule is O=S(=O)(O)c1ccccc1-c1ccccc1.O=S(=O)(O)c1ccccc1/C=C/c1ccccc1S(=O)(=O)O. The lowest BCUT2D eigenvalue weighted by Crippen LogP contribution is -2.01. The standard InChI is InChI=1S/C14H12O6S2.C12H10O3S/c15-21(16,17)13-7-3-1-5-11(13)9-10-12-6-2-4-8-14(12)22(18,19)20;13-16(14,15)12-9-5-4-8-11(12)10-6-2-1-3-7-10/h1-10H,(H,15,16,17)(H,18,19,20);1-9H,(H,13,14,15)/b10-9+;. The van der Waals surface area contributed by atoms with Gasteiger partial charge in [0, 0.05) is 5.56 Å². The Bertz CT molecular complexity index is 1700. The predicted molar refractivity (Wildman–Crippen MR) is 143 cm³/mol. The van der Waals surface area contributed by atoms with Crippen LogP contribution >= 0.6 is 0 Å². The Labute approximate surface area is 221 Å². The number of hydrogen-bond donors (Lipinski definition) is 3. The lowest BCUT2D eigenvalue weighted by molar-refractivity contribution is 0.480. The van der Waals surface area contributed by atoms with Crippen LogP contribution in [0.25, 0.3) is 23.3 Å². The number of rotatable bonds is 6. The zero-order chi connectivity index (χ0) is 28.0. The van der Waals surface area contributed by atoms with Crippen LogP contribution in [-0.4, -0.2) is 38.9 Å². The van der Waals surface area contributed by atoms with Gasteiger partial charge in [-0.1, -0.05) is 97.1 Å². The van der Waals surface area contributed by atoms with E-state index in [1.165, 1.54) is 54.6 Å². The monoisotopic (exact) mass is 574 g/mol. The summed E-state index contributed by atoms with van der Waals surface area (Å²) in [7, 11) is -13.0. The van der Waals surface area contributed by atoms with Crippen molar-refractivity contribution in [3.8, 4) is 11.1 Å². The molecule has 4 aromatic rings. The lowest BCUT2D eigenvalue weighted by Gasteiger charge is -2.06. The van der Waals surface area contributed by atoms with E-state index in [0.29, 0.717) is 5.56 Å². The zero-order valence-electron chi connectivity index (χ0n) is 19.5. The van der Waals surface area contributed by atoms with E-state index in [1.54, 1.807) is 42.5 Å². The van der Waals surface area contributed by atoms with E-state index in [2.05, 4.69) is 0 Å². The summed E-state index contributed by atoms with van der Waals surface area (Å²) in [5.41, 5.74) is 1.65. The summed E-state index contributed by atoms with van der Waals surface area (Å²) in [4.78, 5) is -0.660. The Balaban J connectivity index is 0.000000221. The third-order valence-corrected chi connectivity index (χ3v) is 7.85. The van der Waals surface area contributed by atoms with Crippen molar-refractivity contribution < 1.29 is 38.9 Å². The maximum Gasteiger partial charge on any atom is 0.295 e. The van der Waals surface area contributed by atoms with Crippen molar-refractivity contribution >= 4 is 42.5 Å². The van der Waals surface area contributed by atoms with Crippen molar-refractivity contribution in [2.45, 2.75) is 14.7 Å². The van der Waals surface area contributed by atoms with E-state index >= 15 is 0 Å². The molecule has 0 aliphatic heterocycles. The molecular formula is C26H22O9S3.